The Morgan fingerprint density at radius 1 is 0.792 bits per heavy atom. The van der Waals surface area contributed by atoms with Crippen LogP contribution in [-0.4, -0.2) is 15.0 Å². The van der Waals surface area contributed by atoms with Crippen LogP contribution in [0.2, 0.25) is 0 Å². The van der Waals surface area contributed by atoms with E-state index in [2.05, 4.69) is 66.1 Å². The van der Waals surface area contributed by atoms with Gasteiger partial charge in [-0.05, 0) is 48.1 Å². The molecule has 0 aliphatic carbocycles. The average molecular weight is 315 g/mol. The van der Waals surface area contributed by atoms with Gasteiger partial charge in [-0.2, -0.15) is 0 Å². The van der Waals surface area contributed by atoms with E-state index >= 15 is 0 Å². The molecule has 2 aromatic heterocycles. The van der Waals surface area contributed by atoms with E-state index in [4.69, 9.17) is 0 Å². The predicted octanol–water partition coefficient (Wildman–Crippen LogP) is 5.30. The molecule has 0 saturated carbocycles. The molecule has 0 bridgehead atoms. The fraction of sp³-hybridized carbons (Fsp3) is 0.190. The summed E-state index contributed by atoms with van der Waals surface area (Å²) in [5.41, 5.74) is 3.63. The summed E-state index contributed by atoms with van der Waals surface area (Å²) < 4.78 is 0. The van der Waals surface area contributed by atoms with Gasteiger partial charge in [0.1, 0.15) is 6.33 Å². The van der Waals surface area contributed by atoms with Crippen LogP contribution < -0.4 is 0 Å². The van der Waals surface area contributed by atoms with Crippen LogP contribution in [-0.2, 0) is 0 Å². The minimum atomic E-state index is 0.560. The minimum Gasteiger partial charge on any atom is -0.264 e. The molecule has 3 heteroatoms. The van der Waals surface area contributed by atoms with E-state index in [1.807, 2.05) is 30.7 Å². The van der Waals surface area contributed by atoms with Gasteiger partial charge in [-0.1, -0.05) is 37.6 Å². The monoisotopic (exact) mass is 315 g/mol. The van der Waals surface area contributed by atoms with E-state index in [9.17, 15) is 0 Å². The quantitative estimate of drug-likeness (QED) is 0.478. The van der Waals surface area contributed by atoms with Gasteiger partial charge in [0, 0.05) is 29.4 Å². The summed E-state index contributed by atoms with van der Waals surface area (Å²) in [4.78, 5) is 12.2. The first-order valence-corrected chi connectivity index (χ1v) is 8.13. The number of pyridine rings is 1. The summed E-state index contributed by atoms with van der Waals surface area (Å²) in [6.07, 6.45) is 7.14. The predicted molar refractivity (Wildman–Crippen MR) is 100 cm³/mol. The first-order chi connectivity index (χ1) is 11.6. The van der Waals surface area contributed by atoms with Gasteiger partial charge in [-0.3, -0.25) is 4.98 Å². The van der Waals surface area contributed by atoms with Crippen LogP contribution in [0.1, 0.15) is 30.9 Å². The smallest absolute Gasteiger partial charge is 0.116 e. The summed E-state index contributed by atoms with van der Waals surface area (Å²) >= 11 is 0. The second-order valence-corrected chi connectivity index (χ2v) is 6.22. The molecule has 0 unspecified atom stereocenters. The van der Waals surface area contributed by atoms with Crippen molar-refractivity contribution in [2.45, 2.75) is 26.7 Å². The average Bonchev–Trinajstić information content (AvgIpc) is 2.61. The van der Waals surface area contributed by atoms with Crippen LogP contribution in [0.25, 0.3) is 21.7 Å². The SMILES string of the molecule is CC(C)c1ccc2ncncc2c1.Cc1ccc2ccncc2c1. The first-order valence-electron chi connectivity index (χ1n) is 8.13. The number of nitrogens with zero attached hydrogens (tertiary/aromatic N) is 3. The van der Waals surface area contributed by atoms with Gasteiger partial charge in [0.25, 0.3) is 0 Å². The van der Waals surface area contributed by atoms with E-state index in [1.165, 1.54) is 21.9 Å². The van der Waals surface area contributed by atoms with E-state index in [1.54, 1.807) is 6.33 Å². The third kappa shape index (κ3) is 3.74. The number of hydrogen-bond acceptors (Lipinski definition) is 3. The molecule has 0 aliphatic heterocycles. The fourth-order valence-corrected chi connectivity index (χ4v) is 2.57. The van der Waals surface area contributed by atoms with Crippen molar-refractivity contribution < 1.29 is 0 Å². The zero-order valence-corrected chi connectivity index (χ0v) is 14.3. The summed E-state index contributed by atoms with van der Waals surface area (Å²) in [6.45, 7) is 6.46. The zero-order valence-electron chi connectivity index (χ0n) is 14.3. The van der Waals surface area contributed by atoms with Crippen molar-refractivity contribution in [3.63, 3.8) is 0 Å². The normalized spacial score (nSPS) is 10.7. The number of rotatable bonds is 1. The van der Waals surface area contributed by atoms with E-state index in [-0.39, 0.29) is 0 Å². The molecule has 0 radical (unpaired) electrons. The van der Waals surface area contributed by atoms with Crippen molar-refractivity contribution in [1.29, 1.82) is 0 Å². The second-order valence-electron chi connectivity index (χ2n) is 6.22. The molecule has 2 heterocycles. The molecular formula is C21H21N3. The number of aromatic nitrogens is 3. The highest BCUT2D eigenvalue weighted by atomic mass is 14.8. The lowest BCUT2D eigenvalue weighted by atomic mass is 10.0. The molecule has 0 fully saturated rings. The lowest BCUT2D eigenvalue weighted by Crippen LogP contribution is -1.88. The van der Waals surface area contributed by atoms with Gasteiger partial charge in [-0.25, -0.2) is 9.97 Å². The number of fused-ring (bicyclic) bond motifs is 2. The second kappa shape index (κ2) is 7.18. The van der Waals surface area contributed by atoms with Crippen molar-refractivity contribution in [2.24, 2.45) is 0 Å². The highest BCUT2D eigenvalue weighted by Gasteiger charge is 2.00. The zero-order chi connectivity index (χ0) is 16.9. The highest BCUT2D eigenvalue weighted by molar-refractivity contribution is 5.81. The molecule has 4 aromatic rings. The maximum atomic E-state index is 4.17. The van der Waals surface area contributed by atoms with Crippen LogP contribution >= 0.6 is 0 Å². The van der Waals surface area contributed by atoms with E-state index in [0.717, 1.165) is 10.9 Å². The van der Waals surface area contributed by atoms with Crippen LogP contribution in [0.15, 0.2) is 67.4 Å². The molecule has 0 amide bonds. The van der Waals surface area contributed by atoms with Crippen LogP contribution in [0.5, 0.6) is 0 Å². The molecule has 0 spiro atoms. The lowest BCUT2D eigenvalue weighted by molar-refractivity contribution is 0.868. The molecule has 3 nitrogen and oxygen atoms in total. The molecule has 2 aromatic carbocycles. The number of aryl methyl sites for hydroxylation is 1. The van der Waals surface area contributed by atoms with Gasteiger partial charge in [0.2, 0.25) is 0 Å². The van der Waals surface area contributed by atoms with Gasteiger partial charge in [0.05, 0.1) is 5.52 Å². The third-order valence-corrected chi connectivity index (χ3v) is 3.99. The number of benzene rings is 2. The van der Waals surface area contributed by atoms with Gasteiger partial charge in [-0.15, -0.1) is 0 Å². The third-order valence-electron chi connectivity index (χ3n) is 3.99. The highest BCUT2D eigenvalue weighted by Crippen LogP contribution is 2.18. The summed E-state index contributed by atoms with van der Waals surface area (Å²) in [7, 11) is 0. The topological polar surface area (TPSA) is 38.7 Å². The Morgan fingerprint density at radius 2 is 1.62 bits per heavy atom. The molecule has 24 heavy (non-hydrogen) atoms. The van der Waals surface area contributed by atoms with Crippen LogP contribution in [0, 0.1) is 6.92 Å². The van der Waals surface area contributed by atoms with Gasteiger partial charge < -0.3 is 0 Å². The van der Waals surface area contributed by atoms with E-state index in [0.29, 0.717) is 5.92 Å². The Bertz CT molecular complexity index is 961. The largest absolute Gasteiger partial charge is 0.264 e. The van der Waals surface area contributed by atoms with Gasteiger partial charge in [0.15, 0.2) is 0 Å². The first kappa shape index (κ1) is 16.1. The van der Waals surface area contributed by atoms with Crippen molar-refractivity contribution in [1.82, 2.24) is 15.0 Å². The number of hydrogen-bond donors (Lipinski definition) is 0. The van der Waals surface area contributed by atoms with Crippen LogP contribution in [0.4, 0.5) is 0 Å². The molecule has 120 valence electrons. The minimum absolute atomic E-state index is 0.560. The summed E-state index contributed by atoms with van der Waals surface area (Å²) in [5, 5.41) is 3.59. The lowest BCUT2D eigenvalue weighted by Gasteiger charge is -2.05. The maximum Gasteiger partial charge on any atom is 0.116 e. The molecular weight excluding hydrogens is 294 g/mol. The Balaban J connectivity index is 0.000000143. The maximum absolute atomic E-state index is 4.17. The van der Waals surface area contributed by atoms with E-state index < -0.39 is 0 Å². The Labute approximate surface area is 142 Å². The standard InChI is InChI=1S/C11H12N2.C10H9N/c1-8(2)9-3-4-11-10(5-9)6-12-7-13-11;1-8-2-3-9-4-5-11-7-10(9)6-8/h3-8H,1-2H3;2-7H,1H3. The molecule has 0 N–H and O–H groups in total. The van der Waals surface area contributed by atoms with Gasteiger partial charge >= 0.3 is 0 Å². The molecule has 0 atom stereocenters. The fourth-order valence-electron chi connectivity index (χ4n) is 2.57. The van der Waals surface area contributed by atoms with Crippen molar-refractivity contribution >= 4 is 21.7 Å². The Morgan fingerprint density at radius 3 is 2.46 bits per heavy atom. The molecule has 0 saturated heterocycles. The molecule has 0 aliphatic rings. The van der Waals surface area contributed by atoms with Crippen molar-refractivity contribution in [2.75, 3.05) is 0 Å². The van der Waals surface area contributed by atoms with Crippen LogP contribution in [0.3, 0.4) is 0 Å². The Hall–Kier alpha value is -2.81. The summed E-state index contributed by atoms with van der Waals surface area (Å²) in [5.74, 6) is 0.560. The molecule has 4 rings (SSSR count). The Kier molecular flexibility index (Phi) is 4.80. The summed E-state index contributed by atoms with van der Waals surface area (Å²) in [6, 6.07) is 14.7. The van der Waals surface area contributed by atoms with Crippen molar-refractivity contribution in [3.05, 3.63) is 78.5 Å². The van der Waals surface area contributed by atoms with Crippen molar-refractivity contribution in [3.8, 4) is 0 Å².